The average Bonchev–Trinajstić information content (AvgIpc) is 2.62. The Bertz CT molecular complexity index is 941. The van der Waals surface area contributed by atoms with Gasteiger partial charge in [0.25, 0.3) is 0 Å². The molecule has 24 heavy (non-hydrogen) atoms. The molecule has 3 aromatic rings. The molecule has 1 atom stereocenters. The van der Waals surface area contributed by atoms with Gasteiger partial charge in [0.15, 0.2) is 5.60 Å². The maximum Gasteiger partial charge on any atom is 0.156 e. The molecule has 0 fully saturated rings. The zero-order valence-electron chi connectivity index (χ0n) is 13.3. The van der Waals surface area contributed by atoms with Gasteiger partial charge in [0.2, 0.25) is 0 Å². The number of aromatic hydroxyl groups is 1. The predicted octanol–water partition coefficient (Wildman–Crippen LogP) is 5.42. The average molecular weight is 314 g/mol. The van der Waals surface area contributed by atoms with E-state index < -0.39 is 5.60 Å². The molecule has 1 N–H and O–H groups in total. The van der Waals surface area contributed by atoms with Crippen LogP contribution in [0.5, 0.6) is 11.5 Å². The quantitative estimate of drug-likeness (QED) is 0.654. The minimum atomic E-state index is -0.527. The van der Waals surface area contributed by atoms with E-state index in [9.17, 15) is 5.11 Å². The molecule has 0 bridgehead atoms. The SMILES string of the molecule is C=CCC1(c2ccccc2)C=Cc2c(ccc3cc(O)ccc23)O1. The third-order valence-electron chi connectivity index (χ3n) is 4.53. The van der Waals surface area contributed by atoms with E-state index in [2.05, 4.69) is 30.9 Å². The molecular formula is C22H18O2. The van der Waals surface area contributed by atoms with E-state index in [4.69, 9.17) is 4.74 Å². The van der Waals surface area contributed by atoms with Gasteiger partial charge in [-0.15, -0.1) is 6.58 Å². The third-order valence-corrected chi connectivity index (χ3v) is 4.53. The molecule has 2 heteroatoms. The Morgan fingerprint density at radius 3 is 2.67 bits per heavy atom. The van der Waals surface area contributed by atoms with Crippen LogP contribution in [0, 0.1) is 0 Å². The third kappa shape index (κ3) is 2.28. The minimum absolute atomic E-state index is 0.272. The van der Waals surface area contributed by atoms with Gasteiger partial charge in [0.05, 0.1) is 0 Å². The zero-order valence-corrected chi connectivity index (χ0v) is 13.3. The second-order valence-corrected chi connectivity index (χ2v) is 6.07. The molecule has 0 aromatic heterocycles. The van der Waals surface area contributed by atoms with E-state index in [1.807, 2.05) is 42.5 Å². The second kappa shape index (κ2) is 5.57. The number of phenolic OH excluding ortho intramolecular Hbond substituents is 1. The lowest BCUT2D eigenvalue weighted by Crippen LogP contribution is -2.32. The van der Waals surface area contributed by atoms with Gasteiger partial charge in [-0.05, 0) is 46.7 Å². The summed E-state index contributed by atoms with van der Waals surface area (Å²) < 4.78 is 6.46. The van der Waals surface area contributed by atoms with Crippen molar-refractivity contribution in [3.05, 3.63) is 90.5 Å². The summed E-state index contributed by atoms with van der Waals surface area (Å²) in [5.74, 6) is 1.12. The summed E-state index contributed by atoms with van der Waals surface area (Å²) in [6, 6.07) is 19.6. The predicted molar refractivity (Wildman–Crippen MR) is 98.2 cm³/mol. The molecule has 0 amide bonds. The maximum absolute atomic E-state index is 9.68. The molecule has 0 aliphatic carbocycles. The number of phenols is 1. The summed E-state index contributed by atoms with van der Waals surface area (Å²) in [5.41, 5.74) is 1.63. The first kappa shape index (κ1) is 14.6. The number of benzene rings is 3. The van der Waals surface area contributed by atoms with E-state index in [1.165, 1.54) is 0 Å². The van der Waals surface area contributed by atoms with Crippen LogP contribution in [0.4, 0.5) is 0 Å². The normalized spacial score (nSPS) is 18.8. The van der Waals surface area contributed by atoms with E-state index in [0.29, 0.717) is 6.42 Å². The van der Waals surface area contributed by atoms with Crippen LogP contribution in [0.2, 0.25) is 0 Å². The summed E-state index contributed by atoms with van der Waals surface area (Å²) in [5, 5.41) is 11.7. The van der Waals surface area contributed by atoms with Gasteiger partial charge in [-0.3, -0.25) is 0 Å². The van der Waals surface area contributed by atoms with Crippen LogP contribution in [0.1, 0.15) is 17.5 Å². The number of fused-ring (bicyclic) bond motifs is 3. The van der Waals surface area contributed by atoms with Crippen LogP contribution in [-0.4, -0.2) is 5.11 Å². The van der Waals surface area contributed by atoms with Gasteiger partial charge in [0, 0.05) is 12.0 Å². The highest BCUT2D eigenvalue weighted by Crippen LogP contribution is 2.42. The van der Waals surface area contributed by atoms with Crippen LogP contribution >= 0.6 is 0 Å². The van der Waals surface area contributed by atoms with E-state index in [0.717, 1.165) is 27.6 Å². The molecule has 2 nitrogen and oxygen atoms in total. The summed E-state index contributed by atoms with van der Waals surface area (Å²) in [6.45, 7) is 3.90. The number of hydrogen-bond donors (Lipinski definition) is 1. The molecule has 0 saturated carbocycles. The topological polar surface area (TPSA) is 29.5 Å². The van der Waals surface area contributed by atoms with E-state index >= 15 is 0 Å². The summed E-state index contributed by atoms with van der Waals surface area (Å²) >= 11 is 0. The van der Waals surface area contributed by atoms with Gasteiger partial charge in [0.1, 0.15) is 11.5 Å². The van der Waals surface area contributed by atoms with Crippen LogP contribution in [0.15, 0.2) is 79.4 Å². The molecule has 1 heterocycles. The largest absolute Gasteiger partial charge is 0.508 e. The van der Waals surface area contributed by atoms with Gasteiger partial charge in [-0.1, -0.05) is 48.6 Å². The lowest BCUT2D eigenvalue weighted by molar-refractivity contribution is 0.120. The Morgan fingerprint density at radius 1 is 1.04 bits per heavy atom. The number of rotatable bonds is 3. The van der Waals surface area contributed by atoms with Crippen molar-refractivity contribution in [1.29, 1.82) is 0 Å². The van der Waals surface area contributed by atoms with Crippen molar-refractivity contribution >= 4 is 16.8 Å². The molecule has 118 valence electrons. The summed E-state index contributed by atoms with van der Waals surface area (Å²) in [4.78, 5) is 0. The highest BCUT2D eigenvalue weighted by Gasteiger charge is 2.33. The Labute approximate surface area is 141 Å². The molecule has 0 radical (unpaired) electrons. The molecule has 4 rings (SSSR count). The van der Waals surface area contributed by atoms with Gasteiger partial charge in [-0.25, -0.2) is 0 Å². The van der Waals surface area contributed by atoms with Gasteiger partial charge in [-0.2, -0.15) is 0 Å². The van der Waals surface area contributed by atoms with E-state index in [-0.39, 0.29) is 5.75 Å². The lowest BCUT2D eigenvalue weighted by atomic mass is 9.86. The van der Waals surface area contributed by atoms with Crippen LogP contribution in [-0.2, 0) is 5.60 Å². The fourth-order valence-corrected chi connectivity index (χ4v) is 3.35. The standard InChI is InChI=1S/C22H18O2/c1-2-13-22(17-6-4-3-5-7-17)14-12-20-19-10-9-18(23)15-16(19)8-11-21(20)24-22/h2-12,14-15,23H,1,13H2. The molecular weight excluding hydrogens is 296 g/mol. The van der Waals surface area contributed by atoms with E-state index in [1.54, 1.807) is 12.1 Å². The Hall–Kier alpha value is -3.00. The van der Waals surface area contributed by atoms with Crippen molar-refractivity contribution in [1.82, 2.24) is 0 Å². The molecule has 1 aliphatic heterocycles. The Balaban J connectivity index is 1.87. The van der Waals surface area contributed by atoms with Crippen molar-refractivity contribution in [3.63, 3.8) is 0 Å². The van der Waals surface area contributed by atoms with Crippen molar-refractivity contribution in [2.45, 2.75) is 12.0 Å². The van der Waals surface area contributed by atoms with Crippen molar-refractivity contribution in [2.75, 3.05) is 0 Å². The number of hydrogen-bond acceptors (Lipinski definition) is 2. The first-order valence-corrected chi connectivity index (χ1v) is 8.02. The molecule has 1 aliphatic rings. The summed E-state index contributed by atoms with van der Waals surface area (Å²) in [7, 11) is 0. The molecule has 0 spiro atoms. The molecule has 1 unspecified atom stereocenters. The van der Waals surface area contributed by atoms with Crippen LogP contribution < -0.4 is 4.74 Å². The first-order valence-electron chi connectivity index (χ1n) is 8.02. The maximum atomic E-state index is 9.68. The van der Waals surface area contributed by atoms with Crippen molar-refractivity contribution < 1.29 is 9.84 Å². The molecule has 3 aromatic carbocycles. The first-order chi connectivity index (χ1) is 11.7. The highest BCUT2D eigenvalue weighted by molar-refractivity contribution is 5.94. The van der Waals surface area contributed by atoms with Gasteiger partial charge >= 0.3 is 0 Å². The Morgan fingerprint density at radius 2 is 1.88 bits per heavy atom. The minimum Gasteiger partial charge on any atom is -0.508 e. The highest BCUT2D eigenvalue weighted by atomic mass is 16.5. The van der Waals surface area contributed by atoms with Gasteiger partial charge < -0.3 is 9.84 Å². The number of ether oxygens (including phenoxy) is 1. The zero-order chi connectivity index (χ0) is 16.6. The fourth-order valence-electron chi connectivity index (χ4n) is 3.35. The second-order valence-electron chi connectivity index (χ2n) is 6.07. The van der Waals surface area contributed by atoms with Crippen LogP contribution in [0.3, 0.4) is 0 Å². The fraction of sp³-hybridized carbons (Fsp3) is 0.0909. The van der Waals surface area contributed by atoms with Crippen LogP contribution in [0.25, 0.3) is 16.8 Å². The monoisotopic (exact) mass is 314 g/mol. The smallest absolute Gasteiger partial charge is 0.156 e. The van der Waals surface area contributed by atoms with Crippen molar-refractivity contribution in [2.24, 2.45) is 0 Å². The van der Waals surface area contributed by atoms with Crippen molar-refractivity contribution in [3.8, 4) is 11.5 Å². The summed E-state index contributed by atoms with van der Waals surface area (Å²) in [6.07, 6.45) is 6.81. The Kier molecular flexibility index (Phi) is 3.39. The molecule has 0 saturated heterocycles. The lowest BCUT2D eigenvalue weighted by Gasteiger charge is -2.35.